The van der Waals surface area contributed by atoms with Gasteiger partial charge < -0.3 is 9.47 Å². The van der Waals surface area contributed by atoms with E-state index in [-0.39, 0.29) is 37.5 Å². The molecule has 1 aliphatic carbocycles. The fourth-order valence-corrected chi connectivity index (χ4v) is 3.13. The summed E-state index contributed by atoms with van der Waals surface area (Å²) in [5.74, 6) is 5.24. The Bertz CT molecular complexity index is 441. The van der Waals surface area contributed by atoms with Crippen molar-refractivity contribution in [2.24, 2.45) is 0 Å². The molecular formula is C22H36O4. The van der Waals surface area contributed by atoms with E-state index in [1.807, 2.05) is 0 Å². The van der Waals surface area contributed by atoms with Crippen LogP contribution in [0.5, 0.6) is 0 Å². The lowest BCUT2D eigenvalue weighted by atomic mass is 10.1. The molecule has 4 heteroatoms. The van der Waals surface area contributed by atoms with Crippen molar-refractivity contribution in [2.75, 3.05) is 6.61 Å². The third-order valence-corrected chi connectivity index (χ3v) is 4.72. The number of ether oxygens (including phenoxy) is 2. The van der Waals surface area contributed by atoms with Gasteiger partial charge in [0, 0.05) is 6.42 Å². The lowest BCUT2D eigenvalue weighted by Gasteiger charge is -2.10. The molecule has 1 rings (SSSR count). The van der Waals surface area contributed by atoms with E-state index < -0.39 is 0 Å². The van der Waals surface area contributed by atoms with E-state index in [1.54, 1.807) is 0 Å². The van der Waals surface area contributed by atoms with Crippen LogP contribution >= 0.6 is 0 Å². The number of rotatable bonds is 13. The number of unbranched alkanes of at least 4 members (excludes halogenated alkanes) is 8. The summed E-state index contributed by atoms with van der Waals surface area (Å²) < 4.78 is 10.3. The molecule has 0 N–H and O–H groups in total. The van der Waals surface area contributed by atoms with Crippen LogP contribution in [0, 0.1) is 11.8 Å². The molecule has 1 aliphatic rings. The summed E-state index contributed by atoms with van der Waals surface area (Å²) in [5, 5.41) is 0. The standard InChI is InChI=1S/C22H36O4/c1-2-3-4-5-6-7-8-9-10-11-14-19-25-21(23)17-18-22(24)26-20-15-12-13-16-20/h20H,2-10,12-13,15-19H2,1H3. The van der Waals surface area contributed by atoms with Gasteiger partial charge in [0.25, 0.3) is 0 Å². The van der Waals surface area contributed by atoms with Gasteiger partial charge in [0.1, 0.15) is 6.10 Å². The van der Waals surface area contributed by atoms with E-state index in [0.29, 0.717) is 0 Å². The molecule has 4 nitrogen and oxygen atoms in total. The van der Waals surface area contributed by atoms with Crippen LogP contribution in [0.3, 0.4) is 0 Å². The van der Waals surface area contributed by atoms with Crippen molar-refractivity contribution in [2.45, 2.75) is 109 Å². The van der Waals surface area contributed by atoms with Gasteiger partial charge in [-0.1, -0.05) is 63.7 Å². The van der Waals surface area contributed by atoms with Crippen LogP contribution in [-0.2, 0) is 19.1 Å². The van der Waals surface area contributed by atoms with E-state index >= 15 is 0 Å². The largest absolute Gasteiger partial charge is 0.462 e. The lowest BCUT2D eigenvalue weighted by Crippen LogP contribution is -2.16. The van der Waals surface area contributed by atoms with Crippen LogP contribution in [0.15, 0.2) is 0 Å². The summed E-state index contributed by atoms with van der Waals surface area (Å²) in [6, 6.07) is 0. The monoisotopic (exact) mass is 364 g/mol. The third kappa shape index (κ3) is 12.8. The smallest absolute Gasteiger partial charge is 0.307 e. The highest BCUT2D eigenvalue weighted by Gasteiger charge is 2.19. The van der Waals surface area contributed by atoms with Crippen molar-refractivity contribution in [3.63, 3.8) is 0 Å². The molecule has 0 heterocycles. The molecular weight excluding hydrogens is 328 g/mol. The molecule has 0 aromatic heterocycles. The average Bonchev–Trinajstić information content (AvgIpc) is 3.14. The molecule has 0 aromatic rings. The van der Waals surface area contributed by atoms with E-state index in [1.165, 1.54) is 44.9 Å². The second-order valence-corrected chi connectivity index (χ2v) is 7.14. The molecule has 0 bridgehead atoms. The van der Waals surface area contributed by atoms with E-state index in [0.717, 1.165) is 38.5 Å². The van der Waals surface area contributed by atoms with Crippen LogP contribution < -0.4 is 0 Å². The zero-order valence-corrected chi connectivity index (χ0v) is 16.5. The first-order valence-electron chi connectivity index (χ1n) is 10.5. The van der Waals surface area contributed by atoms with Crippen molar-refractivity contribution >= 4 is 11.9 Å². The van der Waals surface area contributed by atoms with Crippen LogP contribution in [0.2, 0.25) is 0 Å². The maximum atomic E-state index is 11.6. The molecule has 148 valence electrons. The highest BCUT2D eigenvalue weighted by molar-refractivity contribution is 5.77. The van der Waals surface area contributed by atoms with E-state index in [2.05, 4.69) is 18.8 Å². The SMILES string of the molecule is CCCCCCCCCCC#CCOC(=O)CCC(=O)OC1CCCC1. The van der Waals surface area contributed by atoms with Gasteiger partial charge in [-0.15, -0.1) is 0 Å². The molecule has 0 aromatic carbocycles. The van der Waals surface area contributed by atoms with Gasteiger partial charge in [-0.3, -0.25) is 9.59 Å². The van der Waals surface area contributed by atoms with Crippen molar-refractivity contribution in [3.8, 4) is 11.8 Å². The Morgan fingerprint density at radius 3 is 2.15 bits per heavy atom. The van der Waals surface area contributed by atoms with Gasteiger partial charge in [0.2, 0.25) is 0 Å². The Morgan fingerprint density at radius 2 is 1.46 bits per heavy atom. The fourth-order valence-electron chi connectivity index (χ4n) is 3.13. The molecule has 1 saturated carbocycles. The molecule has 0 aliphatic heterocycles. The zero-order chi connectivity index (χ0) is 18.9. The molecule has 0 saturated heterocycles. The summed E-state index contributed by atoms with van der Waals surface area (Å²) in [4.78, 5) is 23.2. The van der Waals surface area contributed by atoms with Gasteiger partial charge >= 0.3 is 11.9 Å². The van der Waals surface area contributed by atoms with Crippen LogP contribution in [0.1, 0.15) is 103 Å². The second-order valence-electron chi connectivity index (χ2n) is 7.14. The first-order valence-corrected chi connectivity index (χ1v) is 10.5. The maximum absolute atomic E-state index is 11.6. The van der Waals surface area contributed by atoms with Crippen molar-refractivity contribution in [1.82, 2.24) is 0 Å². The van der Waals surface area contributed by atoms with E-state index in [4.69, 9.17) is 9.47 Å². The zero-order valence-electron chi connectivity index (χ0n) is 16.5. The average molecular weight is 365 g/mol. The maximum Gasteiger partial charge on any atom is 0.307 e. The lowest BCUT2D eigenvalue weighted by molar-refractivity contribution is -0.153. The minimum Gasteiger partial charge on any atom is -0.462 e. The summed E-state index contributed by atoms with van der Waals surface area (Å²) in [6.07, 6.45) is 15.6. The number of carbonyl (C=O) groups is 2. The predicted molar refractivity (Wildman–Crippen MR) is 104 cm³/mol. The minimum absolute atomic E-state index is 0.0562. The number of hydrogen-bond donors (Lipinski definition) is 0. The van der Waals surface area contributed by atoms with Crippen LogP contribution in [0.25, 0.3) is 0 Å². The Hall–Kier alpha value is -1.50. The quantitative estimate of drug-likeness (QED) is 0.252. The highest BCUT2D eigenvalue weighted by atomic mass is 16.5. The van der Waals surface area contributed by atoms with Gasteiger partial charge in [-0.25, -0.2) is 0 Å². The molecule has 0 radical (unpaired) electrons. The van der Waals surface area contributed by atoms with E-state index in [9.17, 15) is 9.59 Å². The Labute approximate surface area is 159 Å². The van der Waals surface area contributed by atoms with Gasteiger partial charge in [0.05, 0.1) is 12.8 Å². The number of hydrogen-bond acceptors (Lipinski definition) is 4. The first kappa shape index (κ1) is 22.5. The summed E-state index contributed by atoms with van der Waals surface area (Å²) in [5.41, 5.74) is 0. The summed E-state index contributed by atoms with van der Waals surface area (Å²) >= 11 is 0. The molecule has 0 atom stereocenters. The molecule has 26 heavy (non-hydrogen) atoms. The van der Waals surface area contributed by atoms with Gasteiger partial charge in [-0.2, -0.15) is 0 Å². The topological polar surface area (TPSA) is 52.6 Å². The first-order chi connectivity index (χ1) is 12.7. The number of esters is 2. The summed E-state index contributed by atoms with van der Waals surface area (Å²) in [7, 11) is 0. The summed E-state index contributed by atoms with van der Waals surface area (Å²) in [6.45, 7) is 2.36. The predicted octanol–water partition coefficient (Wildman–Crippen LogP) is 5.33. The van der Waals surface area contributed by atoms with Crippen molar-refractivity contribution < 1.29 is 19.1 Å². The number of carbonyl (C=O) groups excluding carboxylic acids is 2. The fraction of sp³-hybridized carbons (Fsp3) is 0.818. The third-order valence-electron chi connectivity index (χ3n) is 4.72. The Kier molecular flexibility index (Phi) is 13.6. The van der Waals surface area contributed by atoms with Gasteiger partial charge in [-0.05, 0) is 32.1 Å². The molecule has 0 spiro atoms. The van der Waals surface area contributed by atoms with Crippen molar-refractivity contribution in [1.29, 1.82) is 0 Å². The molecule has 0 unspecified atom stereocenters. The normalized spacial score (nSPS) is 13.9. The second kappa shape index (κ2) is 15.7. The Morgan fingerprint density at radius 1 is 0.846 bits per heavy atom. The van der Waals surface area contributed by atoms with Gasteiger partial charge in [0.15, 0.2) is 6.61 Å². The molecule has 0 amide bonds. The highest BCUT2D eigenvalue weighted by Crippen LogP contribution is 2.21. The minimum atomic E-state index is -0.380. The van der Waals surface area contributed by atoms with Crippen LogP contribution in [0.4, 0.5) is 0 Å². The Balaban J connectivity index is 1.89. The molecule has 1 fully saturated rings. The van der Waals surface area contributed by atoms with Crippen molar-refractivity contribution in [3.05, 3.63) is 0 Å². The van der Waals surface area contributed by atoms with Crippen LogP contribution in [-0.4, -0.2) is 24.6 Å².